The smallest absolute Gasteiger partial charge is 0.251 e. The molecule has 1 saturated heterocycles. The molecule has 0 aliphatic carbocycles. The topological polar surface area (TPSA) is 58.6 Å². The third-order valence-corrected chi connectivity index (χ3v) is 3.90. The van der Waals surface area contributed by atoms with E-state index in [4.69, 9.17) is 27.9 Å². The summed E-state index contributed by atoms with van der Waals surface area (Å²) >= 11 is 11.7. The van der Waals surface area contributed by atoms with Crippen LogP contribution in [0.15, 0.2) is 18.2 Å². The number of nitrogens with zero attached hydrogens (tertiary/aromatic N) is 1. The van der Waals surface area contributed by atoms with Gasteiger partial charge in [0, 0.05) is 19.3 Å². The number of rotatable bonds is 4. The van der Waals surface area contributed by atoms with E-state index < -0.39 is 6.10 Å². The summed E-state index contributed by atoms with van der Waals surface area (Å²) < 4.78 is 5.31. The van der Waals surface area contributed by atoms with E-state index in [9.17, 15) is 9.59 Å². The number of hydrogen-bond donors (Lipinski definition) is 1. The Hall–Kier alpha value is -1.30. The van der Waals surface area contributed by atoms with Crippen molar-refractivity contribution in [3.63, 3.8) is 0 Å². The van der Waals surface area contributed by atoms with E-state index in [-0.39, 0.29) is 18.4 Å². The van der Waals surface area contributed by atoms with Gasteiger partial charge in [-0.3, -0.25) is 9.59 Å². The second kappa shape index (κ2) is 7.11. The van der Waals surface area contributed by atoms with Crippen LogP contribution in [-0.4, -0.2) is 43.0 Å². The van der Waals surface area contributed by atoms with Crippen LogP contribution in [-0.2, 0) is 14.3 Å². The molecule has 0 bridgehead atoms. The molecule has 0 saturated carbocycles. The molecule has 1 N–H and O–H groups in total. The van der Waals surface area contributed by atoms with Gasteiger partial charge >= 0.3 is 0 Å². The predicted molar refractivity (Wildman–Crippen MR) is 81.7 cm³/mol. The number of amides is 2. The normalized spacial score (nSPS) is 17.6. The van der Waals surface area contributed by atoms with Crippen LogP contribution in [0.5, 0.6) is 0 Å². The highest BCUT2D eigenvalue weighted by molar-refractivity contribution is 6.42. The van der Waals surface area contributed by atoms with Crippen molar-refractivity contribution in [2.75, 3.05) is 25.5 Å². The maximum atomic E-state index is 12.0. The summed E-state index contributed by atoms with van der Waals surface area (Å²) in [6, 6.07) is 4.80. The van der Waals surface area contributed by atoms with Crippen molar-refractivity contribution in [3.8, 4) is 0 Å². The molecule has 1 aromatic rings. The number of carbonyl (C=O) groups excluding carboxylic acids is 2. The van der Waals surface area contributed by atoms with Gasteiger partial charge in [-0.15, -0.1) is 0 Å². The first-order valence-electron chi connectivity index (χ1n) is 6.59. The van der Waals surface area contributed by atoms with Crippen molar-refractivity contribution in [1.29, 1.82) is 0 Å². The number of nitrogens with one attached hydrogen (secondary N) is 1. The number of benzene rings is 1. The number of hydrogen-bond acceptors (Lipinski definition) is 3. The Morgan fingerprint density at radius 3 is 2.76 bits per heavy atom. The van der Waals surface area contributed by atoms with E-state index in [1.54, 1.807) is 25.2 Å². The van der Waals surface area contributed by atoms with E-state index in [0.29, 0.717) is 28.8 Å². The standard InChI is InChI=1S/C14H16Cl2N2O3/c1-18(14(20)12-3-2-6-21-12)8-13(19)17-9-4-5-10(15)11(16)7-9/h4-5,7,12H,2-3,6,8H2,1H3,(H,17,19)/t12-/m0/s1. The van der Waals surface area contributed by atoms with Gasteiger partial charge in [0.15, 0.2) is 0 Å². The van der Waals surface area contributed by atoms with Gasteiger partial charge in [0.2, 0.25) is 5.91 Å². The Bertz CT molecular complexity index is 545. The van der Waals surface area contributed by atoms with E-state index in [2.05, 4.69) is 5.32 Å². The minimum absolute atomic E-state index is 0.0427. The van der Waals surface area contributed by atoms with Crippen LogP contribution >= 0.6 is 23.2 Å². The summed E-state index contributed by atoms with van der Waals surface area (Å²) in [7, 11) is 1.58. The minimum atomic E-state index is -0.423. The van der Waals surface area contributed by atoms with E-state index in [1.165, 1.54) is 4.90 Å². The molecule has 1 heterocycles. The van der Waals surface area contributed by atoms with Gasteiger partial charge in [-0.25, -0.2) is 0 Å². The molecule has 0 unspecified atom stereocenters. The quantitative estimate of drug-likeness (QED) is 0.922. The summed E-state index contributed by atoms with van der Waals surface area (Å²) in [6.07, 6.45) is 1.16. The van der Waals surface area contributed by atoms with Crippen molar-refractivity contribution in [1.82, 2.24) is 4.90 Å². The lowest BCUT2D eigenvalue weighted by atomic mass is 10.2. The molecule has 7 heteroatoms. The highest BCUT2D eigenvalue weighted by atomic mass is 35.5. The fraction of sp³-hybridized carbons (Fsp3) is 0.429. The van der Waals surface area contributed by atoms with Gasteiger partial charge in [0.25, 0.3) is 5.91 Å². The minimum Gasteiger partial charge on any atom is -0.368 e. The third kappa shape index (κ3) is 4.33. The Morgan fingerprint density at radius 2 is 2.14 bits per heavy atom. The maximum absolute atomic E-state index is 12.0. The van der Waals surface area contributed by atoms with Gasteiger partial charge in [0.1, 0.15) is 6.10 Å². The maximum Gasteiger partial charge on any atom is 0.251 e. The SMILES string of the molecule is CN(CC(=O)Nc1ccc(Cl)c(Cl)c1)C(=O)[C@@H]1CCCO1. The molecular formula is C14H16Cl2N2O3. The average molecular weight is 331 g/mol. The molecule has 0 spiro atoms. The monoisotopic (exact) mass is 330 g/mol. The first-order chi connectivity index (χ1) is 9.97. The average Bonchev–Trinajstić information content (AvgIpc) is 2.96. The zero-order chi connectivity index (χ0) is 15.4. The second-order valence-electron chi connectivity index (χ2n) is 4.87. The molecule has 21 heavy (non-hydrogen) atoms. The summed E-state index contributed by atoms with van der Waals surface area (Å²) in [6.45, 7) is 0.554. The molecule has 114 valence electrons. The summed E-state index contributed by atoms with van der Waals surface area (Å²) in [5.74, 6) is -0.473. The number of halogens is 2. The largest absolute Gasteiger partial charge is 0.368 e. The Kier molecular flexibility index (Phi) is 5.45. The lowest BCUT2D eigenvalue weighted by Crippen LogP contribution is -2.40. The van der Waals surface area contributed by atoms with E-state index in [0.717, 1.165) is 6.42 Å². The van der Waals surface area contributed by atoms with Crippen LogP contribution < -0.4 is 5.32 Å². The summed E-state index contributed by atoms with van der Waals surface area (Å²) in [5, 5.41) is 3.45. The molecule has 2 amide bonds. The molecule has 1 fully saturated rings. The van der Waals surface area contributed by atoms with Crippen molar-refractivity contribution >= 4 is 40.7 Å². The van der Waals surface area contributed by atoms with E-state index >= 15 is 0 Å². The first kappa shape index (κ1) is 16.1. The molecular weight excluding hydrogens is 315 g/mol. The van der Waals surface area contributed by atoms with Crippen LogP contribution in [0.25, 0.3) is 0 Å². The van der Waals surface area contributed by atoms with Gasteiger partial charge in [-0.2, -0.15) is 0 Å². The fourth-order valence-electron chi connectivity index (χ4n) is 2.09. The molecule has 1 aliphatic rings. The number of carbonyl (C=O) groups is 2. The highest BCUT2D eigenvalue weighted by Gasteiger charge is 2.27. The molecule has 1 atom stereocenters. The number of anilines is 1. The van der Waals surface area contributed by atoms with Crippen LogP contribution in [0.4, 0.5) is 5.69 Å². The Morgan fingerprint density at radius 1 is 1.38 bits per heavy atom. The number of likely N-dealkylation sites (N-methyl/N-ethyl adjacent to an activating group) is 1. The predicted octanol–water partition coefficient (Wildman–Crippen LogP) is 2.57. The fourth-order valence-corrected chi connectivity index (χ4v) is 2.38. The van der Waals surface area contributed by atoms with Crippen molar-refractivity contribution < 1.29 is 14.3 Å². The van der Waals surface area contributed by atoms with Crippen molar-refractivity contribution in [2.24, 2.45) is 0 Å². The first-order valence-corrected chi connectivity index (χ1v) is 7.34. The Labute approximate surface area is 133 Å². The third-order valence-electron chi connectivity index (χ3n) is 3.17. The zero-order valence-electron chi connectivity index (χ0n) is 11.6. The van der Waals surface area contributed by atoms with E-state index in [1.807, 2.05) is 0 Å². The summed E-state index contributed by atoms with van der Waals surface area (Å²) in [5.41, 5.74) is 0.535. The zero-order valence-corrected chi connectivity index (χ0v) is 13.1. The van der Waals surface area contributed by atoms with Crippen LogP contribution in [0, 0.1) is 0 Å². The van der Waals surface area contributed by atoms with Gasteiger partial charge in [-0.05, 0) is 31.0 Å². The van der Waals surface area contributed by atoms with Crippen molar-refractivity contribution in [2.45, 2.75) is 18.9 Å². The molecule has 5 nitrogen and oxygen atoms in total. The number of ether oxygens (including phenoxy) is 1. The molecule has 0 aromatic heterocycles. The van der Waals surface area contributed by atoms with Crippen molar-refractivity contribution in [3.05, 3.63) is 28.2 Å². The molecule has 1 aromatic carbocycles. The molecule has 0 radical (unpaired) electrons. The van der Waals surface area contributed by atoms with Gasteiger partial charge in [-0.1, -0.05) is 23.2 Å². The molecule has 2 rings (SSSR count). The van der Waals surface area contributed by atoms with Crippen LogP contribution in [0.2, 0.25) is 10.0 Å². The van der Waals surface area contributed by atoms with Crippen LogP contribution in [0.3, 0.4) is 0 Å². The lowest BCUT2D eigenvalue weighted by molar-refractivity contribution is -0.141. The van der Waals surface area contributed by atoms with Gasteiger partial charge in [0.05, 0.1) is 16.6 Å². The highest BCUT2D eigenvalue weighted by Crippen LogP contribution is 2.25. The second-order valence-corrected chi connectivity index (χ2v) is 5.69. The molecule has 1 aliphatic heterocycles. The Balaban J connectivity index is 1.88. The summed E-state index contributed by atoms with van der Waals surface area (Å²) in [4.78, 5) is 25.3. The van der Waals surface area contributed by atoms with Crippen LogP contribution in [0.1, 0.15) is 12.8 Å². The van der Waals surface area contributed by atoms with Gasteiger partial charge < -0.3 is 15.0 Å². The lowest BCUT2D eigenvalue weighted by Gasteiger charge is -2.20.